The molecule has 0 fully saturated rings. The van der Waals surface area contributed by atoms with E-state index in [0.29, 0.717) is 23.5 Å². The molecule has 0 amide bonds. The van der Waals surface area contributed by atoms with E-state index >= 15 is 0 Å². The molecule has 0 spiro atoms. The normalized spacial score (nSPS) is 11.2. The molecular weight excluding hydrogens is 542 g/mol. The lowest BCUT2D eigenvalue weighted by Crippen LogP contribution is -2.40. The maximum Gasteiger partial charge on any atom is 0.371 e. The van der Waals surface area contributed by atoms with Crippen molar-refractivity contribution in [2.45, 2.75) is 52.1 Å². The molecule has 2 aromatic carbocycles. The molecule has 0 aliphatic carbocycles. The number of nitriles is 1. The topological polar surface area (TPSA) is 143 Å². The van der Waals surface area contributed by atoms with Crippen LogP contribution in [0.15, 0.2) is 82.0 Å². The summed E-state index contributed by atoms with van der Waals surface area (Å²) in [5.74, 6) is -1.63. The van der Waals surface area contributed by atoms with Gasteiger partial charge in [0.15, 0.2) is 8.32 Å². The number of hydrogen-bond donors (Lipinski definition) is 2. The molecule has 0 atom stereocenters. The molecule has 4 rings (SSSR count). The van der Waals surface area contributed by atoms with Gasteiger partial charge in [-0.25, -0.2) is 9.59 Å². The molecule has 0 aliphatic heterocycles. The zero-order valence-electron chi connectivity index (χ0n) is 23.6. The Labute approximate surface area is 239 Å². The monoisotopic (exact) mass is 575 g/mol. The van der Waals surface area contributed by atoms with Crippen molar-refractivity contribution in [1.29, 1.82) is 5.26 Å². The Kier molecular flexibility index (Phi) is 9.94. The summed E-state index contributed by atoms with van der Waals surface area (Å²) in [4.78, 5) is 21.4. The first kappa shape index (κ1) is 30.9. The van der Waals surface area contributed by atoms with Gasteiger partial charge in [-0.1, -0.05) is 45.0 Å². The Bertz CT molecular complexity index is 1500. The summed E-state index contributed by atoms with van der Waals surface area (Å²) in [5.41, 5.74) is 4.08. The van der Waals surface area contributed by atoms with E-state index in [-0.39, 0.29) is 23.2 Å². The summed E-state index contributed by atoms with van der Waals surface area (Å²) < 4.78 is 21.4. The average Bonchev–Trinajstić information content (AvgIpc) is 3.61. The SMILES string of the molecule is CC(C)(C)[Si](C)(C)OCc1coc(C(=O)O)c1.N#Cc1ccc(-c2ccc(OCc3coc(C(=O)O)c3)cc2)cc1. The number of carboxylic acid groups (broad SMARTS) is 2. The zero-order valence-corrected chi connectivity index (χ0v) is 24.6. The fourth-order valence-corrected chi connectivity index (χ4v) is 4.22. The molecule has 0 bridgehead atoms. The van der Waals surface area contributed by atoms with E-state index < -0.39 is 20.3 Å². The standard InChI is InChI=1S/C19H13NO4.C12H20O4Si/c20-10-13-1-3-15(4-2-13)16-5-7-17(8-6-16)23-11-14-9-18(19(21)22)24-12-14;1-12(2,3)17(4,5)16-8-9-6-10(11(13)14)15-7-9/h1-9,12H,11H2,(H,21,22);6-7H,8H2,1-5H3,(H,13,14). The molecule has 9 nitrogen and oxygen atoms in total. The van der Waals surface area contributed by atoms with Crippen molar-refractivity contribution in [1.82, 2.24) is 0 Å². The van der Waals surface area contributed by atoms with Crippen LogP contribution in [0.25, 0.3) is 11.1 Å². The second-order valence-electron chi connectivity index (χ2n) is 10.8. The summed E-state index contributed by atoms with van der Waals surface area (Å²) in [7, 11) is -1.79. The Morgan fingerprint density at radius 1 is 0.829 bits per heavy atom. The fraction of sp³-hybridized carbons (Fsp3) is 0.258. The van der Waals surface area contributed by atoms with Crippen LogP contribution in [0.1, 0.15) is 58.6 Å². The van der Waals surface area contributed by atoms with E-state index in [1.807, 2.05) is 36.4 Å². The van der Waals surface area contributed by atoms with Crippen LogP contribution in [0.3, 0.4) is 0 Å². The van der Waals surface area contributed by atoms with Gasteiger partial charge in [-0.3, -0.25) is 0 Å². The third-order valence-electron chi connectivity index (χ3n) is 6.74. The molecule has 2 heterocycles. The molecular formula is C31H33NO8Si. The number of benzene rings is 2. The molecule has 0 saturated carbocycles. The number of furan rings is 2. The van der Waals surface area contributed by atoms with Crippen LogP contribution < -0.4 is 4.74 Å². The lowest BCUT2D eigenvalue weighted by Gasteiger charge is -2.36. The number of rotatable bonds is 9. The number of hydrogen-bond acceptors (Lipinski definition) is 7. The van der Waals surface area contributed by atoms with Gasteiger partial charge in [0.25, 0.3) is 0 Å². The van der Waals surface area contributed by atoms with Gasteiger partial charge in [-0.2, -0.15) is 5.26 Å². The van der Waals surface area contributed by atoms with Gasteiger partial charge in [0.05, 0.1) is 30.8 Å². The summed E-state index contributed by atoms with van der Waals surface area (Å²) in [6, 6.07) is 19.9. The van der Waals surface area contributed by atoms with Crippen LogP contribution >= 0.6 is 0 Å². The van der Waals surface area contributed by atoms with Gasteiger partial charge in [0.1, 0.15) is 12.4 Å². The van der Waals surface area contributed by atoms with E-state index in [2.05, 4.69) is 39.9 Å². The summed E-state index contributed by atoms with van der Waals surface area (Å²) in [5, 5.41) is 26.5. The minimum absolute atomic E-state index is 0.0427. The Morgan fingerprint density at radius 2 is 1.29 bits per heavy atom. The highest BCUT2D eigenvalue weighted by molar-refractivity contribution is 6.74. The van der Waals surface area contributed by atoms with Crippen LogP contribution in [-0.2, 0) is 17.6 Å². The highest BCUT2D eigenvalue weighted by Crippen LogP contribution is 2.37. The number of aromatic carboxylic acids is 2. The largest absolute Gasteiger partial charge is 0.489 e. The summed E-state index contributed by atoms with van der Waals surface area (Å²) >= 11 is 0. The minimum atomic E-state index is -1.79. The first-order valence-electron chi connectivity index (χ1n) is 12.8. The van der Waals surface area contributed by atoms with E-state index in [1.54, 1.807) is 12.1 Å². The van der Waals surface area contributed by atoms with Crippen molar-refractivity contribution in [2.75, 3.05) is 0 Å². The molecule has 0 unspecified atom stereocenters. The number of carbonyl (C=O) groups is 2. The van der Waals surface area contributed by atoms with E-state index in [1.165, 1.54) is 24.7 Å². The average molecular weight is 576 g/mol. The predicted octanol–water partition coefficient (Wildman–Crippen LogP) is 7.60. The van der Waals surface area contributed by atoms with Crippen LogP contribution in [0.5, 0.6) is 5.75 Å². The zero-order chi connectivity index (χ0) is 30.2. The Hall–Kier alpha value is -4.59. The molecule has 0 saturated heterocycles. The minimum Gasteiger partial charge on any atom is -0.489 e. The van der Waals surface area contributed by atoms with E-state index in [4.69, 9.17) is 33.5 Å². The molecule has 0 radical (unpaired) electrons. The van der Waals surface area contributed by atoms with Crippen LogP contribution in [0.2, 0.25) is 18.1 Å². The molecule has 214 valence electrons. The molecule has 41 heavy (non-hydrogen) atoms. The smallest absolute Gasteiger partial charge is 0.371 e. The third kappa shape index (κ3) is 8.70. The maximum absolute atomic E-state index is 10.7. The first-order chi connectivity index (χ1) is 19.3. The molecule has 2 aromatic heterocycles. The number of carboxylic acids is 2. The van der Waals surface area contributed by atoms with Crippen molar-refractivity contribution in [3.05, 3.63) is 101 Å². The van der Waals surface area contributed by atoms with Crippen LogP contribution in [-0.4, -0.2) is 30.5 Å². The first-order valence-corrected chi connectivity index (χ1v) is 15.7. The van der Waals surface area contributed by atoms with Gasteiger partial charge in [-0.05, 0) is 65.7 Å². The lowest BCUT2D eigenvalue weighted by atomic mass is 10.0. The molecule has 0 aliphatic rings. The highest BCUT2D eigenvalue weighted by atomic mass is 28.4. The van der Waals surface area contributed by atoms with Crippen molar-refractivity contribution >= 4 is 20.3 Å². The molecule has 4 aromatic rings. The molecule has 10 heteroatoms. The van der Waals surface area contributed by atoms with Gasteiger partial charge in [0.2, 0.25) is 11.5 Å². The lowest BCUT2D eigenvalue weighted by molar-refractivity contribution is 0.0652. The van der Waals surface area contributed by atoms with Gasteiger partial charge in [-0.15, -0.1) is 0 Å². The van der Waals surface area contributed by atoms with Crippen molar-refractivity contribution in [3.63, 3.8) is 0 Å². The third-order valence-corrected chi connectivity index (χ3v) is 11.2. The number of nitrogens with zero attached hydrogens (tertiary/aromatic N) is 1. The van der Waals surface area contributed by atoms with E-state index in [9.17, 15) is 9.59 Å². The van der Waals surface area contributed by atoms with Gasteiger partial charge in [0, 0.05) is 11.1 Å². The maximum atomic E-state index is 10.7. The van der Waals surface area contributed by atoms with Gasteiger partial charge < -0.3 is 28.2 Å². The summed E-state index contributed by atoms with van der Waals surface area (Å²) in [6.07, 6.45) is 2.81. The highest BCUT2D eigenvalue weighted by Gasteiger charge is 2.37. The molecule has 2 N–H and O–H groups in total. The van der Waals surface area contributed by atoms with Crippen LogP contribution in [0.4, 0.5) is 0 Å². The quantitative estimate of drug-likeness (QED) is 0.193. The van der Waals surface area contributed by atoms with E-state index in [0.717, 1.165) is 16.7 Å². The predicted molar refractivity (Wildman–Crippen MR) is 154 cm³/mol. The second kappa shape index (κ2) is 13.2. The fourth-order valence-electron chi connectivity index (χ4n) is 3.25. The van der Waals surface area contributed by atoms with Crippen LogP contribution in [0, 0.1) is 11.3 Å². The second-order valence-corrected chi connectivity index (χ2v) is 15.6. The van der Waals surface area contributed by atoms with Crippen molar-refractivity contribution in [2.24, 2.45) is 0 Å². The van der Waals surface area contributed by atoms with Gasteiger partial charge >= 0.3 is 11.9 Å². The number of ether oxygens (including phenoxy) is 1. The van der Waals surface area contributed by atoms with Crippen molar-refractivity contribution in [3.8, 4) is 22.9 Å². The van der Waals surface area contributed by atoms with Crippen molar-refractivity contribution < 1.29 is 37.8 Å². The summed E-state index contributed by atoms with van der Waals surface area (Å²) in [6.45, 7) is 11.4. The Morgan fingerprint density at radius 3 is 1.71 bits per heavy atom. The Balaban J connectivity index is 0.000000241.